The molecule has 7 nitrogen and oxygen atoms in total. The molecule has 0 bridgehead atoms. The van der Waals surface area contributed by atoms with Crippen LogP contribution in [0.15, 0.2) is 72.0 Å². The number of rotatable bonds is 5. The van der Waals surface area contributed by atoms with Crippen LogP contribution in [0.5, 0.6) is 0 Å². The highest BCUT2D eigenvalue weighted by atomic mass is 16.2. The Morgan fingerprint density at radius 2 is 1.82 bits per heavy atom. The Labute approximate surface area is 161 Å². The van der Waals surface area contributed by atoms with Gasteiger partial charge < -0.3 is 5.32 Å². The summed E-state index contributed by atoms with van der Waals surface area (Å²) < 4.78 is 0. The minimum Gasteiger partial charge on any atom is -0.355 e. The number of carbonyl (C=O) groups is 2. The van der Waals surface area contributed by atoms with Gasteiger partial charge in [-0.25, -0.2) is 5.43 Å². The van der Waals surface area contributed by atoms with E-state index in [1.807, 2.05) is 60.7 Å². The molecule has 1 aliphatic heterocycles. The predicted molar refractivity (Wildman–Crippen MR) is 105 cm³/mol. The second-order valence-corrected chi connectivity index (χ2v) is 6.54. The first-order chi connectivity index (χ1) is 13.7. The second-order valence-electron chi connectivity index (χ2n) is 6.54. The molecule has 140 valence electrons. The van der Waals surface area contributed by atoms with Gasteiger partial charge in [0, 0.05) is 23.6 Å². The first-order valence-corrected chi connectivity index (χ1v) is 8.98. The van der Waals surface area contributed by atoms with Crippen molar-refractivity contribution in [1.82, 2.24) is 20.9 Å². The fourth-order valence-electron chi connectivity index (χ4n) is 3.40. The van der Waals surface area contributed by atoms with Crippen LogP contribution in [0.2, 0.25) is 0 Å². The quantitative estimate of drug-likeness (QED) is 0.363. The van der Waals surface area contributed by atoms with E-state index in [1.54, 1.807) is 6.20 Å². The fourth-order valence-corrected chi connectivity index (χ4v) is 3.40. The van der Waals surface area contributed by atoms with E-state index in [1.165, 1.54) is 6.21 Å². The third-order valence-corrected chi connectivity index (χ3v) is 4.80. The number of carbonyl (C=O) groups excluding carboxylic acids is 2. The van der Waals surface area contributed by atoms with Gasteiger partial charge in [0.2, 0.25) is 5.91 Å². The van der Waals surface area contributed by atoms with E-state index in [4.69, 9.17) is 0 Å². The molecule has 1 aromatic heterocycles. The van der Waals surface area contributed by atoms with Crippen LogP contribution in [0.3, 0.4) is 0 Å². The van der Waals surface area contributed by atoms with Crippen molar-refractivity contribution in [2.24, 2.45) is 11.0 Å². The number of amides is 2. The van der Waals surface area contributed by atoms with Crippen LogP contribution in [0.1, 0.15) is 17.0 Å². The van der Waals surface area contributed by atoms with Crippen LogP contribution in [0, 0.1) is 5.92 Å². The highest BCUT2D eigenvalue weighted by Crippen LogP contribution is 2.29. The van der Waals surface area contributed by atoms with Gasteiger partial charge in [-0.3, -0.25) is 14.7 Å². The maximum absolute atomic E-state index is 12.6. The van der Waals surface area contributed by atoms with Crippen LogP contribution < -0.4 is 10.7 Å². The molecule has 0 saturated carbocycles. The Morgan fingerprint density at radius 3 is 2.57 bits per heavy atom. The van der Waals surface area contributed by atoms with Crippen LogP contribution in [-0.4, -0.2) is 34.8 Å². The van der Waals surface area contributed by atoms with Gasteiger partial charge >= 0.3 is 0 Å². The molecule has 1 fully saturated rings. The van der Waals surface area contributed by atoms with Gasteiger partial charge in [0.15, 0.2) is 0 Å². The number of hydrazone groups is 1. The van der Waals surface area contributed by atoms with Crippen molar-refractivity contribution < 1.29 is 9.59 Å². The summed E-state index contributed by atoms with van der Waals surface area (Å²) in [5, 5.41) is 13.8. The highest BCUT2D eigenvalue weighted by Gasteiger charge is 2.40. The van der Waals surface area contributed by atoms with Gasteiger partial charge in [0.25, 0.3) is 5.91 Å². The van der Waals surface area contributed by atoms with Gasteiger partial charge in [-0.05, 0) is 5.56 Å². The zero-order valence-corrected chi connectivity index (χ0v) is 15.0. The van der Waals surface area contributed by atoms with Gasteiger partial charge in [-0.2, -0.15) is 10.2 Å². The molecule has 2 amide bonds. The second kappa shape index (κ2) is 7.87. The summed E-state index contributed by atoms with van der Waals surface area (Å²) in [5.41, 5.74) is 5.96. The van der Waals surface area contributed by atoms with Crippen molar-refractivity contribution >= 4 is 18.0 Å². The lowest BCUT2D eigenvalue weighted by atomic mass is 9.88. The van der Waals surface area contributed by atoms with Gasteiger partial charge in [-0.1, -0.05) is 60.7 Å². The molecule has 7 heteroatoms. The van der Waals surface area contributed by atoms with Crippen molar-refractivity contribution in [3.8, 4) is 11.3 Å². The summed E-state index contributed by atoms with van der Waals surface area (Å²) in [6.45, 7) is 0.435. The maximum Gasteiger partial charge on any atom is 0.253 e. The van der Waals surface area contributed by atoms with Crippen molar-refractivity contribution in [3.63, 3.8) is 0 Å². The van der Waals surface area contributed by atoms with Gasteiger partial charge in [-0.15, -0.1) is 0 Å². The van der Waals surface area contributed by atoms with E-state index >= 15 is 0 Å². The molecule has 0 unspecified atom stereocenters. The van der Waals surface area contributed by atoms with Crippen LogP contribution in [-0.2, 0) is 9.59 Å². The number of aromatic nitrogens is 2. The summed E-state index contributed by atoms with van der Waals surface area (Å²) >= 11 is 0. The van der Waals surface area contributed by atoms with Gasteiger partial charge in [0.05, 0.1) is 18.1 Å². The molecule has 2 atom stereocenters. The average Bonchev–Trinajstić information content (AvgIpc) is 3.36. The van der Waals surface area contributed by atoms with Crippen LogP contribution in [0.4, 0.5) is 0 Å². The molecule has 1 aliphatic rings. The fraction of sp³-hybridized carbons (Fsp3) is 0.143. The van der Waals surface area contributed by atoms with Crippen molar-refractivity contribution in [1.29, 1.82) is 0 Å². The van der Waals surface area contributed by atoms with Crippen molar-refractivity contribution in [3.05, 3.63) is 78.0 Å². The first-order valence-electron chi connectivity index (χ1n) is 8.98. The lowest BCUT2D eigenvalue weighted by Gasteiger charge is -2.15. The molecule has 28 heavy (non-hydrogen) atoms. The minimum absolute atomic E-state index is 0.210. The maximum atomic E-state index is 12.6. The summed E-state index contributed by atoms with van der Waals surface area (Å²) in [4.78, 5) is 24.8. The smallest absolute Gasteiger partial charge is 0.253 e. The first kappa shape index (κ1) is 17.7. The van der Waals surface area contributed by atoms with E-state index < -0.39 is 11.8 Å². The third-order valence-electron chi connectivity index (χ3n) is 4.80. The van der Waals surface area contributed by atoms with Gasteiger partial charge in [0.1, 0.15) is 5.92 Å². The van der Waals surface area contributed by atoms with E-state index in [9.17, 15) is 9.59 Å². The standard InChI is InChI=1S/C21H19N5O2/c27-20-18(17(13-22-20)14-7-3-1-4-8-14)21(28)26-24-12-16-11-23-25-19(16)15-9-5-2-6-10-15/h1-12,17-18H,13H2,(H,22,27)(H,23,25)(H,26,28)/b24-12+/t17-,18+/m1/s1. The zero-order valence-electron chi connectivity index (χ0n) is 15.0. The zero-order chi connectivity index (χ0) is 19.3. The third kappa shape index (κ3) is 3.55. The van der Waals surface area contributed by atoms with Crippen molar-refractivity contribution in [2.45, 2.75) is 5.92 Å². The normalized spacial score (nSPS) is 18.9. The van der Waals surface area contributed by atoms with E-state index in [-0.39, 0.29) is 11.8 Å². The Hall–Kier alpha value is -3.74. The number of hydrogen-bond donors (Lipinski definition) is 3. The molecule has 0 spiro atoms. The largest absolute Gasteiger partial charge is 0.355 e. The van der Waals surface area contributed by atoms with Crippen LogP contribution in [0.25, 0.3) is 11.3 Å². The number of nitrogens with zero attached hydrogens (tertiary/aromatic N) is 2. The summed E-state index contributed by atoms with van der Waals surface area (Å²) in [6.07, 6.45) is 3.15. The molecule has 0 radical (unpaired) electrons. The number of benzene rings is 2. The molecule has 0 aliphatic carbocycles. The summed E-state index contributed by atoms with van der Waals surface area (Å²) in [7, 11) is 0. The Balaban J connectivity index is 1.47. The average molecular weight is 373 g/mol. The molecule has 4 rings (SSSR count). The molecule has 2 heterocycles. The molecule has 3 N–H and O–H groups in total. The highest BCUT2D eigenvalue weighted by molar-refractivity contribution is 6.03. The number of nitrogens with one attached hydrogen (secondary N) is 3. The molecule has 1 saturated heterocycles. The lowest BCUT2D eigenvalue weighted by molar-refractivity contribution is -0.133. The Morgan fingerprint density at radius 1 is 1.11 bits per heavy atom. The van der Waals surface area contributed by atoms with Crippen molar-refractivity contribution in [2.75, 3.05) is 6.54 Å². The Bertz CT molecular complexity index is 998. The Kier molecular flexibility index (Phi) is 4.97. The van der Waals surface area contributed by atoms with E-state index in [0.717, 1.165) is 22.4 Å². The molecule has 2 aromatic carbocycles. The molecular weight excluding hydrogens is 354 g/mol. The number of H-pyrrole nitrogens is 1. The molecule has 3 aromatic rings. The monoisotopic (exact) mass is 373 g/mol. The van der Waals surface area contributed by atoms with E-state index in [2.05, 4.69) is 26.0 Å². The molecular formula is C21H19N5O2. The number of aromatic amines is 1. The van der Waals surface area contributed by atoms with Crippen LogP contribution >= 0.6 is 0 Å². The lowest BCUT2D eigenvalue weighted by Crippen LogP contribution is -2.34. The summed E-state index contributed by atoms with van der Waals surface area (Å²) in [5.74, 6) is -1.73. The summed E-state index contributed by atoms with van der Waals surface area (Å²) in [6, 6.07) is 19.3. The van der Waals surface area contributed by atoms with E-state index in [0.29, 0.717) is 6.54 Å². The topological polar surface area (TPSA) is 99.2 Å². The number of hydrogen-bond acceptors (Lipinski definition) is 4. The predicted octanol–water partition coefficient (Wildman–Crippen LogP) is 2.06. The SMILES string of the molecule is O=C1NC[C@H](c2ccccc2)[C@@H]1C(=O)N/N=C/c1cn[nH]c1-c1ccccc1. The minimum atomic E-state index is -0.808.